The SMILES string of the molecule is COc1ccc(C(NCCc2ccncc2CCc2cccnc2)C(N)=O)cc1. The lowest BCUT2D eigenvalue weighted by Gasteiger charge is -2.17. The van der Waals surface area contributed by atoms with Crippen molar-refractivity contribution in [2.75, 3.05) is 13.7 Å². The molecule has 1 amide bonds. The molecule has 1 aromatic carbocycles. The van der Waals surface area contributed by atoms with Gasteiger partial charge in [0.05, 0.1) is 7.11 Å². The topological polar surface area (TPSA) is 90.1 Å². The zero-order valence-electron chi connectivity index (χ0n) is 16.5. The van der Waals surface area contributed by atoms with Crippen molar-refractivity contribution in [3.63, 3.8) is 0 Å². The van der Waals surface area contributed by atoms with Crippen molar-refractivity contribution in [3.05, 3.63) is 89.5 Å². The Bertz CT molecular complexity index is 914. The van der Waals surface area contributed by atoms with Crippen LogP contribution in [0.5, 0.6) is 5.75 Å². The van der Waals surface area contributed by atoms with E-state index in [9.17, 15) is 4.79 Å². The zero-order valence-corrected chi connectivity index (χ0v) is 16.5. The normalized spacial score (nSPS) is 11.8. The number of pyridine rings is 2. The fraction of sp³-hybridized carbons (Fsp3) is 0.261. The van der Waals surface area contributed by atoms with Crippen LogP contribution in [0.25, 0.3) is 0 Å². The van der Waals surface area contributed by atoms with Crippen LogP contribution in [0, 0.1) is 0 Å². The predicted octanol–water partition coefficient (Wildman–Crippen LogP) is 2.63. The monoisotopic (exact) mass is 390 g/mol. The average Bonchev–Trinajstić information content (AvgIpc) is 2.76. The maximum absolute atomic E-state index is 11.9. The van der Waals surface area contributed by atoms with Gasteiger partial charge in [-0.3, -0.25) is 14.8 Å². The number of benzene rings is 1. The van der Waals surface area contributed by atoms with E-state index in [1.54, 1.807) is 19.5 Å². The molecule has 1 unspecified atom stereocenters. The van der Waals surface area contributed by atoms with Crippen LogP contribution in [0.4, 0.5) is 0 Å². The van der Waals surface area contributed by atoms with Crippen molar-refractivity contribution in [2.24, 2.45) is 5.73 Å². The molecule has 0 aliphatic heterocycles. The Hall–Kier alpha value is -3.25. The van der Waals surface area contributed by atoms with Gasteiger partial charge in [-0.05, 0) is 65.8 Å². The standard InChI is InChI=1S/C23H26N4O2/c1-29-21-8-6-19(7-9-21)22(23(24)28)27-14-11-18-10-13-26-16-20(18)5-4-17-3-2-12-25-15-17/h2-3,6-10,12-13,15-16,22,27H,4-5,11,14H2,1H3,(H2,24,28). The Morgan fingerprint density at radius 1 is 1.00 bits per heavy atom. The quantitative estimate of drug-likeness (QED) is 0.555. The van der Waals surface area contributed by atoms with Gasteiger partial charge in [0, 0.05) is 31.3 Å². The summed E-state index contributed by atoms with van der Waals surface area (Å²) in [4.78, 5) is 20.4. The predicted molar refractivity (Wildman–Crippen MR) is 113 cm³/mol. The summed E-state index contributed by atoms with van der Waals surface area (Å²) >= 11 is 0. The Kier molecular flexibility index (Phi) is 7.30. The molecule has 0 aliphatic rings. The largest absolute Gasteiger partial charge is 0.497 e. The number of aromatic nitrogens is 2. The van der Waals surface area contributed by atoms with Crippen molar-refractivity contribution in [3.8, 4) is 5.75 Å². The summed E-state index contributed by atoms with van der Waals surface area (Å²) in [6.07, 6.45) is 9.98. The number of aryl methyl sites for hydroxylation is 2. The second-order valence-corrected chi connectivity index (χ2v) is 6.82. The molecule has 3 rings (SSSR count). The van der Waals surface area contributed by atoms with Crippen LogP contribution in [0.15, 0.2) is 67.3 Å². The number of nitrogens with one attached hydrogen (secondary N) is 1. The van der Waals surface area contributed by atoms with E-state index in [0.717, 1.165) is 30.6 Å². The van der Waals surface area contributed by atoms with E-state index in [-0.39, 0.29) is 0 Å². The molecule has 2 aromatic heterocycles. The summed E-state index contributed by atoms with van der Waals surface area (Å²) < 4.78 is 5.17. The van der Waals surface area contributed by atoms with Gasteiger partial charge in [-0.2, -0.15) is 0 Å². The number of nitrogens with zero attached hydrogens (tertiary/aromatic N) is 2. The second kappa shape index (κ2) is 10.3. The van der Waals surface area contributed by atoms with Gasteiger partial charge in [0.25, 0.3) is 0 Å². The van der Waals surface area contributed by atoms with Crippen LogP contribution < -0.4 is 15.8 Å². The third kappa shape index (κ3) is 5.86. The molecule has 0 aliphatic carbocycles. The van der Waals surface area contributed by atoms with Crippen molar-refractivity contribution < 1.29 is 9.53 Å². The van der Waals surface area contributed by atoms with E-state index in [2.05, 4.69) is 21.4 Å². The van der Waals surface area contributed by atoms with Crippen LogP contribution in [0.1, 0.15) is 28.3 Å². The summed E-state index contributed by atoms with van der Waals surface area (Å²) in [5.41, 5.74) is 10.1. The van der Waals surface area contributed by atoms with Gasteiger partial charge in [-0.25, -0.2) is 0 Å². The third-order valence-electron chi connectivity index (χ3n) is 4.89. The number of amides is 1. The first kappa shape index (κ1) is 20.5. The van der Waals surface area contributed by atoms with E-state index < -0.39 is 11.9 Å². The highest BCUT2D eigenvalue weighted by atomic mass is 16.5. The molecule has 0 fully saturated rings. The molecule has 0 radical (unpaired) electrons. The van der Waals surface area contributed by atoms with Crippen molar-refractivity contribution in [1.29, 1.82) is 0 Å². The highest BCUT2D eigenvalue weighted by molar-refractivity contribution is 5.81. The number of methoxy groups -OCH3 is 1. The average molecular weight is 390 g/mol. The number of nitrogens with two attached hydrogens (primary N) is 1. The van der Waals surface area contributed by atoms with Gasteiger partial charge in [0.1, 0.15) is 11.8 Å². The van der Waals surface area contributed by atoms with E-state index in [1.165, 1.54) is 16.7 Å². The third-order valence-corrected chi connectivity index (χ3v) is 4.89. The van der Waals surface area contributed by atoms with Crippen molar-refractivity contribution >= 4 is 5.91 Å². The second-order valence-electron chi connectivity index (χ2n) is 6.82. The summed E-state index contributed by atoms with van der Waals surface area (Å²) in [5, 5.41) is 3.28. The van der Waals surface area contributed by atoms with Crippen LogP contribution in [0.3, 0.4) is 0 Å². The molecule has 6 heteroatoms. The Balaban J connectivity index is 1.60. The molecule has 1 atom stereocenters. The highest BCUT2D eigenvalue weighted by Gasteiger charge is 2.17. The minimum Gasteiger partial charge on any atom is -0.497 e. The lowest BCUT2D eigenvalue weighted by molar-refractivity contribution is -0.120. The van der Waals surface area contributed by atoms with Gasteiger partial charge in [-0.1, -0.05) is 18.2 Å². The Morgan fingerprint density at radius 2 is 1.79 bits per heavy atom. The smallest absolute Gasteiger partial charge is 0.239 e. The number of carbonyl (C=O) groups excluding carboxylic acids is 1. The van der Waals surface area contributed by atoms with E-state index in [1.807, 2.05) is 48.8 Å². The van der Waals surface area contributed by atoms with E-state index >= 15 is 0 Å². The lowest BCUT2D eigenvalue weighted by Crippen LogP contribution is -2.34. The summed E-state index contributed by atoms with van der Waals surface area (Å²) in [7, 11) is 1.61. The van der Waals surface area contributed by atoms with E-state index in [4.69, 9.17) is 10.5 Å². The molecular formula is C23H26N4O2. The van der Waals surface area contributed by atoms with Crippen LogP contribution in [-0.2, 0) is 24.1 Å². The molecule has 0 bridgehead atoms. The first-order valence-electron chi connectivity index (χ1n) is 9.64. The minimum absolute atomic E-state index is 0.401. The van der Waals surface area contributed by atoms with Crippen LogP contribution >= 0.6 is 0 Å². The summed E-state index contributed by atoms with van der Waals surface area (Å²) in [6, 6.07) is 12.9. The number of hydrogen-bond donors (Lipinski definition) is 2. The molecule has 29 heavy (non-hydrogen) atoms. The Morgan fingerprint density at radius 3 is 2.48 bits per heavy atom. The summed E-state index contributed by atoms with van der Waals surface area (Å²) in [6.45, 7) is 0.629. The number of primary amides is 1. The fourth-order valence-corrected chi connectivity index (χ4v) is 3.28. The van der Waals surface area contributed by atoms with Gasteiger partial charge >= 0.3 is 0 Å². The van der Waals surface area contributed by atoms with Gasteiger partial charge in [-0.15, -0.1) is 0 Å². The summed E-state index contributed by atoms with van der Waals surface area (Å²) in [5.74, 6) is 0.341. The van der Waals surface area contributed by atoms with Gasteiger partial charge in [0.15, 0.2) is 0 Å². The van der Waals surface area contributed by atoms with Crippen LogP contribution in [-0.4, -0.2) is 29.5 Å². The number of hydrogen-bond acceptors (Lipinski definition) is 5. The molecule has 2 heterocycles. The molecular weight excluding hydrogens is 364 g/mol. The molecule has 0 spiro atoms. The molecule has 6 nitrogen and oxygen atoms in total. The van der Waals surface area contributed by atoms with Gasteiger partial charge < -0.3 is 15.8 Å². The number of carbonyl (C=O) groups is 1. The first-order valence-corrected chi connectivity index (χ1v) is 9.64. The lowest BCUT2D eigenvalue weighted by atomic mass is 10.00. The zero-order chi connectivity index (χ0) is 20.5. The molecule has 3 N–H and O–H groups in total. The maximum atomic E-state index is 11.9. The fourth-order valence-electron chi connectivity index (χ4n) is 3.28. The van der Waals surface area contributed by atoms with Crippen molar-refractivity contribution in [2.45, 2.75) is 25.3 Å². The van der Waals surface area contributed by atoms with Crippen molar-refractivity contribution in [1.82, 2.24) is 15.3 Å². The molecule has 0 saturated heterocycles. The first-order chi connectivity index (χ1) is 14.2. The van der Waals surface area contributed by atoms with Gasteiger partial charge in [0.2, 0.25) is 5.91 Å². The van der Waals surface area contributed by atoms with Crippen LogP contribution in [0.2, 0.25) is 0 Å². The van der Waals surface area contributed by atoms with E-state index in [0.29, 0.717) is 6.54 Å². The highest BCUT2D eigenvalue weighted by Crippen LogP contribution is 2.18. The minimum atomic E-state index is -0.540. The molecule has 3 aromatic rings. The number of ether oxygens (including phenoxy) is 1. The molecule has 150 valence electrons. The maximum Gasteiger partial charge on any atom is 0.239 e. The molecule has 0 saturated carbocycles. The number of rotatable bonds is 10. The Labute approximate surface area is 171 Å².